The van der Waals surface area contributed by atoms with Crippen LogP contribution in [0.5, 0.6) is 5.75 Å². The fraction of sp³-hybridized carbons (Fsp3) is 0.486. The lowest BCUT2D eigenvalue weighted by Gasteiger charge is -2.27. The second-order valence-corrected chi connectivity index (χ2v) is 12.9. The van der Waals surface area contributed by atoms with Crippen molar-refractivity contribution >= 4 is 6.09 Å². The number of methoxy groups -OCH3 is 1. The number of hydrogen-bond acceptors (Lipinski definition) is 4. The van der Waals surface area contributed by atoms with E-state index in [2.05, 4.69) is 19.1 Å². The molecule has 1 aliphatic heterocycles. The number of rotatable bonds is 7. The van der Waals surface area contributed by atoms with Crippen LogP contribution in [0.1, 0.15) is 104 Å². The van der Waals surface area contributed by atoms with Crippen molar-refractivity contribution in [3.05, 3.63) is 82.2 Å². The third-order valence-corrected chi connectivity index (χ3v) is 9.64. The number of hydrogen-bond donors (Lipinski definition) is 0. The van der Waals surface area contributed by atoms with E-state index in [4.69, 9.17) is 14.5 Å². The van der Waals surface area contributed by atoms with Gasteiger partial charge in [0.05, 0.1) is 36.5 Å². The molecule has 11 heteroatoms. The summed E-state index contributed by atoms with van der Waals surface area (Å²) in [6.45, 7) is 3.77. The number of ether oxygens (including phenoxy) is 2. The SMILES string of the molecule is COc1ccc(C2CCC(C)CC2)cc1-c1ccc(C2CC2)nc1CN1C(=O)O[C@H](c2cc(C(F)(F)F)cc(C(F)(F)F)c2)[C@@H]1C. The molecule has 46 heavy (non-hydrogen) atoms. The molecule has 2 heterocycles. The van der Waals surface area contributed by atoms with Crippen LogP contribution >= 0.6 is 0 Å². The molecule has 2 atom stereocenters. The molecular weight excluding hydrogens is 610 g/mol. The van der Waals surface area contributed by atoms with Gasteiger partial charge >= 0.3 is 18.4 Å². The van der Waals surface area contributed by atoms with E-state index in [-0.39, 0.29) is 18.2 Å². The van der Waals surface area contributed by atoms with E-state index in [1.807, 2.05) is 18.2 Å². The quantitative estimate of drug-likeness (QED) is 0.240. The number of carbonyl (C=O) groups excluding carboxylic acids is 1. The number of alkyl halides is 6. The summed E-state index contributed by atoms with van der Waals surface area (Å²) in [6, 6.07) is 10.5. The van der Waals surface area contributed by atoms with Gasteiger partial charge in [-0.25, -0.2) is 4.79 Å². The molecule has 1 aromatic heterocycles. The zero-order valence-corrected chi connectivity index (χ0v) is 25.8. The van der Waals surface area contributed by atoms with Crippen LogP contribution in [-0.2, 0) is 23.6 Å². The Bertz CT molecular complexity index is 1580. The zero-order valence-electron chi connectivity index (χ0n) is 25.8. The minimum Gasteiger partial charge on any atom is -0.496 e. The van der Waals surface area contributed by atoms with Crippen molar-refractivity contribution in [2.75, 3.05) is 7.11 Å². The highest BCUT2D eigenvalue weighted by atomic mass is 19.4. The maximum atomic E-state index is 13.6. The van der Waals surface area contributed by atoms with Crippen LogP contribution in [-0.4, -0.2) is 29.1 Å². The van der Waals surface area contributed by atoms with Crippen molar-refractivity contribution in [2.24, 2.45) is 5.92 Å². The fourth-order valence-corrected chi connectivity index (χ4v) is 6.74. The number of benzene rings is 2. The van der Waals surface area contributed by atoms with Gasteiger partial charge in [-0.2, -0.15) is 26.3 Å². The molecule has 1 amide bonds. The third-order valence-electron chi connectivity index (χ3n) is 9.64. The number of cyclic esters (lactones) is 1. The first-order chi connectivity index (χ1) is 21.7. The lowest BCUT2D eigenvalue weighted by Crippen LogP contribution is -2.32. The van der Waals surface area contributed by atoms with Crippen molar-refractivity contribution in [3.63, 3.8) is 0 Å². The summed E-state index contributed by atoms with van der Waals surface area (Å²) in [6.07, 6.45) is -5.77. The topological polar surface area (TPSA) is 51.7 Å². The Morgan fingerprint density at radius 2 is 1.43 bits per heavy atom. The van der Waals surface area contributed by atoms with Crippen molar-refractivity contribution in [1.82, 2.24) is 9.88 Å². The van der Waals surface area contributed by atoms with Gasteiger partial charge < -0.3 is 9.47 Å². The Kier molecular flexibility index (Phi) is 8.48. The van der Waals surface area contributed by atoms with E-state index < -0.39 is 41.7 Å². The van der Waals surface area contributed by atoms with E-state index in [1.165, 1.54) is 10.5 Å². The standard InChI is InChI=1S/C35H36F6N2O3/c1-19-4-6-21(7-5-19)23-10-13-31(45-3)28(16-23)27-11-12-29(22-8-9-22)42-30(27)18-43-20(2)32(46-33(43)44)24-14-25(34(36,37)38)17-26(15-24)35(39,40)41/h10-17,19-22,32H,4-9,18H2,1-3H3/t19?,20-,21?,32-/m0/s1. The Balaban J connectivity index is 1.36. The minimum atomic E-state index is -5.02. The predicted octanol–water partition coefficient (Wildman–Crippen LogP) is 10.0. The van der Waals surface area contributed by atoms with Crippen LogP contribution in [0.15, 0.2) is 48.5 Å². The van der Waals surface area contributed by atoms with Crippen LogP contribution in [0, 0.1) is 5.92 Å². The summed E-state index contributed by atoms with van der Waals surface area (Å²) in [5.74, 6) is 2.04. The monoisotopic (exact) mass is 646 g/mol. The van der Waals surface area contributed by atoms with E-state index in [0.29, 0.717) is 41.3 Å². The highest BCUT2D eigenvalue weighted by Crippen LogP contribution is 2.45. The average Bonchev–Trinajstić information content (AvgIpc) is 3.83. The molecule has 3 fully saturated rings. The largest absolute Gasteiger partial charge is 0.496 e. The number of carbonyl (C=O) groups is 1. The molecular formula is C35H36F6N2O3. The van der Waals surface area contributed by atoms with Crippen molar-refractivity contribution in [2.45, 2.75) is 95.3 Å². The number of halogens is 6. The van der Waals surface area contributed by atoms with Gasteiger partial charge in [-0.3, -0.25) is 9.88 Å². The smallest absolute Gasteiger partial charge is 0.416 e. The molecule has 2 aliphatic carbocycles. The molecule has 0 N–H and O–H groups in total. The second kappa shape index (κ2) is 12.1. The van der Waals surface area contributed by atoms with Crippen LogP contribution in [0.3, 0.4) is 0 Å². The van der Waals surface area contributed by atoms with E-state index in [9.17, 15) is 31.1 Å². The molecule has 2 saturated carbocycles. The summed E-state index contributed by atoms with van der Waals surface area (Å²) in [5.41, 5.74) is 0.892. The maximum Gasteiger partial charge on any atom is 0.416 e. The molecule has 2 aromatic carbocycles. The van der Waals surface area contributed by atoms with Crippen molar-refractivity contribution < 1.29 is 40.6 Å². The van der Waals surface area contributed by atoms with Crippen LogP contribution in [0.4, 0.5) is 31.1 Å². The highest BCUT2D eigenvalue weighted by molar-refractivity contribution is 5.75. The summed E-state index contributed by atoms with van der Waals surface area (Å²) >= 11 is 0. The Labute approximate surface area is 263 Å². The number of nitrogens with zero attached hydrogens (tertiary/aromatic N) is 2. The Morgan fingerprint density at radius 1 is 0.804 bits per heavy atom. The summed E-state index contributed by atoms with van der Waals surface area (Å²) < 4.78 is 92.8. The van der Waals surface area contributed by atoms with Gasteiger partial charge in [0.25, 0.3) is 0 Å². The molecule has 3 aliphatic rings. The molecule has 6 rings (SSSR count). The zero-order chi connectivity index (χ0) is 33.0. The van der Waals surface area contributed by atoms with E-state index in [0.717, 1.165) is 55.3 Å². The molecule has 1 saturated heterocycles. The molecule has 5 nitrogen and oxygen atoms in total. The molecule has 0 spiro atoms. The van der Waals surface area contributed by atoms with Crippen LogP contribution in [0.2, 0.25) is 0 Å². The van der Waals surface area contributed by atoms with E-state index in [1.54, 1.807) is 14.0 Å². The molecule has 0 bridgehead atoms. The lowest BCUT2D eigenvalue weighted by molar-refractivity contribution is -0.143. The minimum absolute atomic E-state index is 0.0498. The van der Waals surface area contributed by atoms with Gasteiger partial charge in [0.2, 0.25) is 0 Å². The first-order valence-electron chi connectivity index (χ1n) is 15.7. The van der Waals surface area contributed by atoms with Gasteiger partial charge in [0.1, 0.15) is 11.9 Å². The summed E-state index contributed by atoms with van der Waals surface area (Å²) in [7, 11) is 1.58. The van der Waals surface area contributed by atoms with Gasteiger partial charge in [-0.15, -0.1) is 0 Å². The third kappa shape index (κ3) is 6.55. The van der Waals surface area contributed by atoms with Crippen molar-refractivity contribution in [3.8, 4) is 16.9 Å². The first-order valence-corrected chi connectivity index (χ1v) is 15.7. The average molecular weight is 647 g/mol. The summed E-state index contributed by atoms with van der Waals surface area (Å²) in [5, 5.41) is 0. The maximum absolute atomic E-state index is 13.6. The molecule has 3 aromatic rings. The highest BCUT2D eigenvalue weighted by Gasteiger charge is 2.44. The van der Waals surface area contributed by atoms with E-state index >= 15 is 0 Å². The van der Waals surface area contributed by atoms with Crippen LogP contribution < -0.4 is 4.74 Å². The fourth-order valence-electron chi connectivity index (χ4n) is 6.74. The van der Waals surface area contributed by atoms with Gasteiger partial charge in [-0.1, -0.05) is 31.9 Å². The second-order valence-electron chi connectivity index (χ2n) is 12.9. The Morgan fingerprint density at radius 3 is 2.02 bits per heavy atom. The van der Waals surface area contributed by atoms with Crippen LogP contribution in [0.25, 0.3) is 11.1 Å². The number of pyridine rings is 1. The molecule has 0 unspecified atom stereocenters. The molecule has 246 valence electrons. The number of aromatic nitrogens is 1. The van der Waals surface area contributed by atoms with Gasteiger partial charge in [0, 0.05) is 22.7 Å². The summed E-state index contributed by atoms with van der Waals surface area (Å²) in [4.78, 5) is 19.5. The predicted molar refractivity (Wildman–Crippen MR) is 159 cm³/mol. The normalized spacial score (nSPS) is 23.8. The lowest BCUT2D eigenvalue weighted by atomic mass is 9.79. The molecule has 0 radical (unpaired) electrons. The van der Waals surface area contributed by atoms with Crippen molar-refractivity contribution in [1.29, 1.82) is 0 Å². The first kappa shape index (κ1) is 32.2. The Hall–Kier alpha value is -3.76. The van der Waals surface area contributed by atoms with Gasteiger partial charge in [0.15, 0.2) is 0 Å². The number of amides is 1. The van der Waals surface area contributed by atoms with Gasteiger partial charge in [-0.05, 0) is 92.0 Å².